The van der Waals surface area contributed by atoms with Gasteiger partial charge in [-0.15, -0.1) is 0 Å². The molecule has 4 nitrogen and oxygen atoms in total. The Labute approximate surface area is 151 Å². The van der Waals surface area contributed by atoms with Crippen molar-refractivity contribution in [3.63, 3.8) is 0 Å². The van der Waals surface area contributed by atoms with Crippen LogP contribution in [-0.4, -0.2) is 17.6 Å². The van der Waals surface area contributed by atoms with Crippen molar-refractivity contribution in [1.82, 2.24) is 4.98 Å². The maximum atomic E-state index is 11.9. The van der Waals surface area contributed by atoms with Gasteiger partial charge >= 0.3 is 5.97 Å². The van der Waals surface area contributed by atoms with Crippen LogP contribution in [0, 0.1) is 0 Å². The molecule has 1 aromatic carbocycles. The number of nitrogens with zero attached hydrogens (tertiary/aromatic N) is 1. The summed E-state index contributed by atoms with van der Waals surface area (Å²) in [6, 6.07) is 11.2. The normalized spacial score (nSPS) is 11.0. The SMILES string of the molecule is CCCc1cc2cc(Cl)cc(Cc3cccc(C(=O)OCC)n3)c2o1. The van der Waals surface area contributed by atoms with E-state index in [1.807, 2.05) is 24.3 Å². The van der Waals surface area contributed by atoms with Gasteiger partial charge in [-0.1, -0.05) is 24.6 Å². The van der Waals surface area contributed by atoms with Crippen molar-refractivity contribution in [1.29, 1.82) is 0 Å². The largest absolute Gasteiger partial charge is 0.461 e. The van der Waals surface area contributed by atoms with E-state index in [4.69, 9.17) is 20.8 Å². The van der Waals surface area contributed by atoms with Crippen molar-refractivity contribution >= 4 is 28.5 Å². The molecule has 25 heavy (non-hydrogen) atoms. The molecule has 5 heteroatoms. The predicted molar refractivity (Wildman–Crippen MR) is 98.2 cm³/mol. The molecule has 0 saturated heterocycles. The summed E-state index contributed by atoms with van der Waals surface area (Å²) in [4.78, 5) is 16.3. The first-order chi connectivity index (χ1) is 12.1. The maximum absolute atomic E-state index is 11.9. The van der Waals surface area contributed by atoms with Crippen molar-refractivity contribution in [3.05, 3.63) is 64.1 Å². The molecule has 0 fully saturated rings. The van der Waals surface area contributed by atoms with Gasteiger partial charge in [0.05, 0.1) is 6.61 Å². The highest BCUT2D eigenvalue weighted by molar-refractivity contribution is 6.31. The molecule has 0 saturated carbocycles. The Morgan fingerprint density at radius 3 is 2.84 bits per heavy atom. The Kier molecular flexibility index (Phi) is 5.39. The zero-order chi connectivity index (χ0) is 17.8. The lowest BCUT2D eigenvalue weighted by molar-refractivity contribution is 0.0519. The van der Waals surface area contributed by atoms with Gasteiger partial charge < -0.3 is 9.15 Å². The van der Waals surface area contributed by atoms with Crippen LogP contribution in [0.25, 0.3) is 11.0 Å². The molecule has 0 spiro atoms. The third-order valence-electron chi connectivity index (χ3n) is 3.87. The summed E-state index contributed by atoms with van der Waals surface area (Å²) in [5.41, 5.74) is 2.86. The molecular weight excluding hydrogens is 338 g/mol. The van der Waals surface area contributed by atoms with E-state index in [2.05, 4.69) is 11.9 Å². The van der Waals surface area contributed by atoms with Gasteiger partial charge in [0.2, 0.25) is 0 Å². The van der Waals surface area contributed by atoms with E-state index >= 15 is 0 Å². The Morgan fingerprint density at radius 1 is 1.24 bits per heavy atom. The van der Waals surface area contributed by atoms with Gasteiger partial charge in [-0.3, -0.25) is 0 Å². The van der Waals surface area contributed by atoms with E-state index in [0.717, 1.165) is 40.8 Å². The zero-order valence-electron chi connectivity index (χ0n) is 14.3. The Balaban J connectivity index is 1.94. The summed E-state index contributed by atoms with van der Waals surface area (Å²) in [5, 5.41) is 1.65. The summed E-state index contributed by atoms with van der Waals surface area (Å²) in [5.74, 6) is 0.540. The van der Waals surface area contributed by atoms with Gasteiger partial charge in [-0.25, -0.2) is 9.78 Å². The van der Waals surface area contributed by atoms with Gasteiger partial charge in [0.1, 0.15) is 17.0 Å². The number of carbonyl (C=O) groups excluding carboxylic acids is 1. The number of benzene rings is 1. The Bertz CT molecular complexity index is 901. The molecule has 0 aliphatic rings. The first kappa shape index (κ1) is 17.5. The van der Waals surface area contributed by atoms with Crippen molar-refractivity contribution in [2.45, 2.75) is 33.1 Å². The van der Waals surface area contributed by atoms with E-state index in [1.165, 1.54) is 0 Å². The summed E-state index contributed by atoms with van der Waals surface area (Å²) >= 11 is 6.26. The average Bonchev–Trinajstić information content (AvgIpc) is 2.98. The highest BCUT2D eigenvalue weighted by atomic mass is 35.5. The Hall–Kier alpha value is -2.33. The number of hydrogen-bond donors (Lipinski definition) is 0. The number of pyridine rings is 1. The number of rotatable bonds is 6. The topological polar surface area (TPSA) is 52.3 Å². The molecule has 0 radical (unpaired) electrons. The molecule has 2 aromatic heterocycles. The lowest BCUT2D eigenvalue weighted by Crippen LogP contribution is -2.08. The monoisotopic (exact) mass is 357 g/mol. The first-order valence-corrected chi connectivity index (χ1v) is 8.82. The number of carbonyl (C=O) groups is 1. The number of aryl methyl sites for hydroxylation is 1. The minimum atomic E-state index is -0.413. The average molecular weight is 358 g/mol. The highest BCUT2D eigenvalue weighted by Gasteiger charge is 2.13. The van der Waals surface area contributed by atoms with Gasteiger partial charge in [0.25, 0.3) is 0 Å². The summed E-state index contributed by atoms with van der Waals surface area (Å²) in [7, 11) is 0. The van der Waals surface area contributed by atoms with Crippen molar-refractivity contribution < 1.29 is 13.9 Å². The molecule has 2 heterocycles. The minimum absolute atomic E-state index is 0.309. The third kappa shape index (κ3) is 4.02. The van der Waals surface area contributed by atoms with Crippen LogP contribution in [0.5, 0.6) is 0 Å². The second-order valence-corrected chi connectivity index (χ2v) is 6.29. The summed E-state index contributed by atoms with van der Waals surface area (Å²) in [6.45, 7) is 4.22. The smallest absolute Gasteiger partial charge is 0.356 e. The number of ether oxygens (including phenoxy) is 1. The second-order valence-electron chi connectivity index (χ2n) is 5.86. The van der Waals surface area contributed by atoms with Crippen LogP contribution >= 0.6 is 11.6 Å². The van der Waals surface area contributed by atoms with Crippen molar-refractivity contribution in [3.8, 4) is 0 Å². The van der Waals surface area contributed by atoms with Crippen molar-refractivity contribution in [2.75, 3.05) is 6.61 Å². The fraction of sp³-hybridized carbons (Fsp3) is 0.300. The second kappa shape index (κ2) is 7.70. The van der Waals surface area contributed by atoms with Gasteiger partial charge in [0, 0.05) is 34.5 Å². The number of aromatic nitrogens is 1. The summed E-state index contributed by atoms with van der Waals surface area (Å²) < 4.78 is 11.0. The molecule has 3 rings (SSSR count). The first-order valence-electron chi connectivity index (χ1n) is 8.44. The van der Waals surface area contributed by atoms with Crippen LogP contribution in [0.1, 0.15) is 47.8 Å². The number of fused-ring (bicyclic) bond motifs is 1. The molecule has 0 bridgehead atoms. The third-order valence-corrected chi connectivity index (χ3v) is 4.09. The summed E-state index contributed by atoms with van der Waals surface area (Å²) in [6.07, 6.45) is 2.44. The van der Waals surface area contributed by atoms with E-state index in [0.29, 0.717) is 23.7 Å². The van der Waals surface area contributed by atoms with Crippen LogP contribution in [-0.2, 0) is 17.6 Å². The molecule has 0 amide bonds. The van der Waals surface area contributed by atoms with Crippen LogP contribution in [0.2, 0.25) is 5.02 Å². The van der Waals surface area contributed by atoms with E-state index in [-0.39, 0.29) is 0 Å². The molecule has 0 atom stereocenters. The molecule has 3 aromatic rings. The van der Waals surface area contributed by atoms with E-state index in [1.54, 1.807) is 19.1 Å². The molecule has 0 unspecified atom stereocenters. The lowest BCUT2D eigenvalue weighted by Gasteiger charge is -2.06. The number of hydrogen-bond acceptors (Lipinski definition) is 4. The number of esters is 1. The predicted octanol–water partition coefficient (Wildman–Crippen LogP) is 5.20. The molecule has 0 aliphatic carbocycles. The van der Waals surface area contributed by atoms with Gasteiger partial charge in [0.15, 0.2) is 0 Å². The number of halogens is 1. The zero-order valence-corrected chi connectivity index (χ0v) is 15.1. The molecule has 0 aliphatic heterocycles. The highest BCUT2D eigenvalue weighted by Crippen LogP contribution is 2.29. The fourth-order valence-electron chi connectivity index (χ4n) is 2.83. The maximum Gasteiger partial charge on any atom is 0.356 e. The molecule has 130 valence electrons. The standard InChI is InChI=1S/C20H20ClNO3/c1-3-6-17-12-14-10-15(21)9-13(19(14)25-17)11-16-7-5-8-18(22-16)20(23)24-4-2/h5,7-10,12H,3-4,6,11H2,1-2H3. The molecular formula is C20H20ClNO3. The Morgan fingerprint density at radius 2 is 2.08 bits per heavy atom. The van der Waals surface area contributed by atoms with Gasteiger partial charge in [-0.05, 0) is 43.7 Å². The van der Waals surface area contributed by atoms with Crippen LogP contribution in [0.15, 0.2) is 40.8 Å². The molecule has 0 N–H and O–H groups in total. The van der Waals surface area contributed by atoms with Crippen LogP contribution in [0.3, 0.4) is 0 Å². The fourth-order valence-corrected chi connectivity index (χ4v) is 3.08. The minimum Gasteiger partial charge on any atom is -0.461 e. The van der Waals surface area contributed by atoms with Crippen molar-refractivity contribution in [2.24, 2.45) is 0 Å². The van der Waals surface area contributed by atoms with E-state index in [9.17, 15) is 4.79 Å². The number of furan rings is 1. The van der Waals surface area contributed by atoms with Crippen LogP contribution in [0.4, 0.5) is 0 Å². The van der Waals surface area contributed by atoms with Gasteiger partial charge in [-0.2, -0.15) is 0 Å². The quantitative estimate of drug-likeness (QED) is 0.569. The van der Waals surface area contributed by atoms with Crippen LogP contribution < -0.4 is 0 Å². The van der Waals surface area contributed by atoms with E-state index < -0.39 is 5.97 Å². The lowest BCUT2D eigenvalue weighted by atomic mass is 10.1.